The molecule has 0 aromatic heterocycles. The Morgan fingerprint density at radius 3 is 1.00 bits per heavy atom. The van der Waals surface area contributed by atoms with Gasteiger partial charge in [-0.1, -0.05) is 79.1 Å². The number of alkyl halides is 8. The minimum absolute atomic E-state index is 0.103. The zero-order valence-electron chi connectivity index (χ0n) is 29.8. The summed E-state index contributed by atoms with van der Waals surface area (Å²) in [5.41, 5.74) is -2.07. The molecule has 0 aromatic rings. The maximum absolute atomic E-state index is 15.1. The first kappa shape index (κ1) is 45.9. The number of allylic oxidation sites excluding steroid dienone is 2. The van der Waals surface area contributed by atoms with E-state index in [9.17, 15) is 27.2 Å². The van der Waals surface area contributed by atoms with E-state index < -0.39 is 84.0 Å². The Kier molecular flexibility index (Phi) is 21.5. The van der Waals surface area contributed by atoms with E-state index in [4.69, 9.17) is 0 Å². The SMILES string of the molecule is CCCCC(F)(F)OC(=O)/C(C)=C(\CCCCCCCC/C(=C(/C)C(=O)OC(F)(F)CCCC)C(F)(F)CCCC)C(F)(F)CCCC. The average molecular weight is 707 g/mol. The van der Waals surface area contributed by atoms with Gasteiger partial charge in [0.05, 0.1) is 12.8 Å². The number of carbonyl (C=O) groups is 2. The Morgan fingerprint density at radius 2 is 0.708 bits per heavy atom. The Balaban J connectivity index is 5.42. The molecule has 0 bridgehead atoms. The number of carbonyl (C=O) groups excluding carboxylic acids is 2. The van der Waals surface area contributed by atoms with Gasteiger partial charge in [0.1, 0.15) is 0 Å². The van der Waals surface area contributed by atoms with Gasteiger partial charge >= 0.3 is 24.2 Å². The lowest BCUT2D eigenvalue weighted by Crippen LogP contribution is -2.28. The first-order valence-electron chi connectivity index (χ1n) is 17.7. The highest BCUT2D eigenvalue weighted by Crippen LogP contribution is 2.38. The third kappa shape index (κ3) is 18.0. The highest BCUT2D eigenvalue weighted by Gasteiger charge is 2.40. The van der Waals surface area contributed by atoms with E-state index >= 15 is 17.6 Å². The normalized spacial score (nSPS) is 14.0. The summed E-state index contributed by atoms with van der Waals surface area (Å²) in [6, 6.07) is 0. The van der Waals surface area contributed by atoms with E-state index in [0.717, 1.165) is 13.8 Å². The molecule has 0 unspecified atom stereocenters. The highest BCUT2D eigenvalue weighted by atomic mass is 19.3. The molecule has 0 aliphatic heterocycles. The van der Waals surface area contributed by atoms with E-state index in [1.54, 1.807) is 27.7 Å². The van der Waals surface area contributed by atoms with Crippen LogP contribution in [0.15, 0.2) is 22.3 Å². The molecule has 0 atom stereocenters. The van der Waals surface area contributed by atoms with Crippen LogP contribution in [0.2, 0.25) is 0 Å². The summed E-state index contributed by atoms with van der Waals surface area (Å²) >= 11 is 0. The van der Waals surface area contributed by atoms with Crippen LogP contribution >= 0.6 is 0 Å². The predicted octanol–water partition coefficient (Wildman–Crippen LogP) is 13.0. The van der Waals surface area contributed by atoms with Crippen LogP contribution in [0, 0.1) is 0 Å². The number of esters is 2. The number of hydrogen-bond acceptors (Lipinski definition) is 4. The summed E-state index contributed by atoms with van der Waals surface area (Å²) in [4.78, 5) is 24.9. The molecule has 0 N–H and O–H groups in total. The molecular formula is C36H58F8O4. The number of ether oxygens (including phenoxy) is 2. The molecule has 0 rings (SSSR count). The standard InChI is InChI=1S/C36H58F8O4/c1-7-11-23-33(37,38)29(27(5)31(45)47-35(41,42)25-13-9-3)21-19-17-15-16-18-20-22-30(34(39,40)24-12-8-2)28(6)32(46)48-36(43,44)26-14-10-4/h7-26H2,1-6H3/b29-27+,30-28+. The van der Waals surface area contributed by atoms with Crippen molar-refractivity contribution in [3.8, 4) is 0 Å². The lowest BCUT2D eigenvalue weighted by molar-refractivity contribution is -0.233. The molecule has 0 heterocycles. The third-order valence-corrected chi connectivity index (χ3v) is 8.32. The van der Waals surface area contributed by atoms with Crippen LogP contribution in [0.1, 0.15) is 170 Å². The molecule has 282 valence electrons. The minimum Gasteiger partial charge on any atom is -0.397 e. The van der Waals surface area contributed by atoms with Gasteiger partial charge in [-0.2, -0.15) is 17.6 Å². The van der Waals surface area contributed by atoms with Crippen LogP contribution in [-0.4, -0.2) is 36.0 Å². The van der Waals surface area contributed by atoms with Crippen molar-refractivity contribution in [1.82, 2.24) is 0 Å². The lowest BCUT2D eigenvalue weighted by Gasteiger charge is -2.24. The quantitative estimate of drug-likeness (QED) is 0.0369. The summed E-state index contributed by atoms with van der Waals surface area (Å²) in [5, 5.41) is 0. The molecule has 0 saturated heterocycles. The third-order valence-electron chi connectivity index (χ3n) is 8.32. The summed E-state index contributed by atoms with van der Waals surface area (Å²) < 4.78 is 125. The van der Waals surface area contributed by atoms with Gasteiger partial charge in [-0.15, -0.1) is 0 Å². The maximum atomic E-state index is 15.1. The van der Waals surface area contributed by atoms with Crippen LogP contribution in [0.25, 0.3) is 0 Å². The largest absolute Gasteiger partial charge is 0.400 e. The van der Waals surface area contributed by atoms with Crippen LogP contribution in [0.5, 0.6) is 0 Å². The lowest BCUT2D eigenvalue weighted by atomic mass is 9.92. The van der Waals surface area contributed by atoms with Gasteiger partial charge in [-0.25, -0.2) is 27.2 Å². The maximum Gasteiger partial charge on any atom is 0.400 e. The summed E-state index contributed by atoms with van der Waals surface area (Å²) in [6.07, 6.45) is -5.47. The first-order chi connectivity index (χ1) is 22.3. The van der Waals surface area contributed by atoms with Crippen molar-refractivity contribution < 1.29 is 54.2 Å². The molecular weight excluding hydrogens is 648 g/mol. The minimum atomic E-state index is -3.76. The van der Waals surface area contributed by atoms with Crippen LogP contribution in [0.3, 0.4) is 0 Å². The Labute approximate surface area is 282 Å². The van der Waals surface area contributed by atoms with Crippen molar-refractivity contribution in [2.75, 3.05) is 0 Å². The fraction of sp³-hybridized carbons (Fsp3) is 0.833. The van der Waals surface area contributed by atoms with Gasteiger partial charge in [0.2, 0.25) is 0 Å². The molecule has 0 saturated carbocycles. The second kappa shape index (κ2) is 22.6. The zero-order valence-corrected chi connectivity index (χ0v) is 29.8. The molecule has 12 heteroatoms. The van der Waals surface area contributed by atoms with Gasteiger partial charge < -0.3 is 9.47 Å². The number of unbranched alkanes of at least 4 members (excludes halogenated alkanes) is 9. The Hall–Kier alpha value is -2.14. The van der Waals surface area contributed by atoms with Crippen molar-refractivity contribution >= 4 is 11.9 Å². The van der Waals surface area contributed by atoms with E-state index in [0.29, 0.717) is 51.4 Å². The van der Waals surface area contributed by atoms with Crippen LogP contribution in [-0.2, 0) is 19.1 Å². The van der Waals surface area contributed by atoms with E-state index in [2.05, 4.69) is 9.47 Å². The molecule has 0 amide bonds. The van der Waals surface area contributed by atoms with Crippen LogP contribution < -0.4 is 0 Å². The Morgan fingerprint density at radius 1 is 0.438 bits per heavy atom. The fourth-order valence-corrected chi connectivity index (χ4v) is 5.24. The molecule has 0 radical (unpaired) electrons. The predicted molar refractivity (Wildman–Crippen MR) is 172 cm³/mol. The smallest absolute Gasteiger partial charge is 0.397 e. The molecule has 0 aromatic carbocycles. The fourth-order valence-electron chi connectivity index (χ4n) is 5.24. The molecule has 0 fully saturated rings. The van der Waals surface area contributed by atoms with Gasteiger partial charge in [0.25, 0.3) is 11.8 Å². The Bertz CT molecular complexity index is 941. The van der Waals surface area contributed by atoms with Gasteiger partial charge in [0.15, 0.2) is 0 Å². The molecule has 0 spiro atoms. The van der Waals surface area contributed by atoms with Gasteiger partial charge in [-0.05, 0) is 65.2 Å². The van der Waals surface area contributed by atoms with Crippen molar-refractivity contribution in [3.63, 3.8) is 0 Å². The van der Waals surface area contributed by atoms with Crippen molar-refractivity contribution in [2.24, 2.45) is 0 Å². The van der Waals surface area contributed by atoms with E-state index in [-0.39, 0.29) is 51.4 Å². The molecule has 4 nitrogen and oxygen atoms in total. The van der Waals surface area contributed by atoms with Crippen molar-refractivity contribution in [2.45, 2.75) is 194 Å². The summed E-state index contributed by atoms with van der Waals surface area (Å²) in [7, 11) is 0. The number of rotatable bonds is 27. The van der Waals surface area contributed by atoms with E-state index in [1.165, 1.54) is 0 Å². The average Bonchev–Trinajstić information content (AvgIpc) is 3.00. The number of hydrogen-bond donors (Lipinski definition) is 0. The zero-order chi connectivity index (χ0) is 37.0. The second-order valence-electron chi connectivity index (χ2n) is 12.7. The number of halogens is 8. The molecule has 0 aliphatic rings. The topological polar surface area (TPSA) is 52.6 Å². The van der Waals surface area contributed by atoms with E-state index in [1.807, 2.05) is 0 Å². The van der Waals surface area contributed by atoms with Crippen LogP contribution in [0.4, 0.5) is 35.1 Å². The summed E-state index contributed by atoms with van der Waals surface area (Å²) in [6.45, 7) is 9.02. The molecule has 0 aliphatic carbocycles. The molecule has 48 heavy (non-hydrogen) atoms. The first-order valence-corrected chi connectivity index (χ1v) is 17.7. The van der Waals surface area contributed by atoms with Gasteiger partial charge in [-0.3, -0.25) is 0 Å². The van der Waals surface area contributed by atoms with Crippen molar-refractivity contribution in [3.05, 3.63) is 22.3 Å². The van der Waals surface area contributed by atoms with Crippen molar-refractivity contribution in [1.29, 1.82) is 0 Å². The van der Waals surface area contributed by atoms with Gasteiger partial charge in [0, 0.05) is 35.1 Å². The second-order valence-corrected chi connectivity index (χ2v) is 12.7. The monoisotopic (exact) mass is 706 g/mol. The summed E-state index contributed by atoms with van der Waals surface area (Å²) in [5.74, 6) is -9.68. The highest BCUT2D eigenvalue weighted by molar-refractivity contribution is 5.89.